The van der Waals surface area contributed by atoms with Crippen molar-refractivity contribution in [1.82, 2.24) is 5.32 Å². The largest absolute Gasteiger partial charge is 0.312 e. The summed E-state index contributed by atoms with van der Waals surface area (Å²) >= 11 is 0. The molecule has 1 atom stereocenters. The first-order valence-corrected chi connectivity index (χ1v) is 8.06. The van der Waals surface area contributed by atoms with Gasteiger partial charge in [0.2, 0.25) is 0 Å². The van der Waals surface area contributed by atoms with Crippen LogP contribution < -0.4 is 5.32 Å². The van der Waals surface area contributed by atoms with E-state index in [1.54, 1.807) is 13.8 Å². The van der Waals surface area contributed by atoms with E-state index in [9.17, 15) is 8.42 Å². The quantitative estimate of drug-likeness (QED) is 0.718. The molecule has 0 bridgehead atoms. The molecule has 0 saturated heterocycles. The van der Waals surface area contributed by atoms with Crippen LogP contribution in [0.5, 0.6) is 0 Å². The fraction of sp³-hybridized carbons (Fsp3) is 1.00. The Balaban J connectivity index is 4.20. The molecule has 0 aliphatic rings. The zero-order valence-electron chi connectivity index (χ0n) is 11.3. The summed E-state index contributed by atoms with van der Waals surface area (Å²) in [6, 6.07) is 0.445. The summed E-state index contributed by atoms with van der Waals surface area (Å²) < 4.78 is 22.4. The molecule has 0 radical (unpaired) electrons. The molecule has 0 heterocycles. The molecule has 98 valence electrons. The van der Waals surface area contributed by atoms with E-state index in [1.807, 2.05) is 0 Å². The SMILES string of the molecule is CCCCC(CC)NCC(C)(C)S(C)(=O)=O. The lowest BCUT2D eigenvalue weighted by atomic mass is 10.1. The summed E-state index contributed by atoms with van der Waals surface area (Å²) in [5.74, 6) is 0. The van der Waals surface area contributed by atoms with Crippen LogP contribution in [-0.4, -0.2) is 32.0 Å². The van der Waals surface area contributed by atoms with Crippen molar-refractivity contribution < 1.29 is 8.42 Å². The van der Waals surface area contributed by atoms with Gasteiger partial charge in [-0.25, -0.2) is 8.42 Å². The van der Waals surface area contributed by atoms with Crippen molar-refractivity contribution in [1.29, 1.82) is 0 Å². The van der Waals surface area contributed by atoms with E-state index >= 15 is 0 Å². The maximum atomic E-state index is 11.5. The minimum Gasteiger partial charge on any atom is -0.312 e. The van der Waals surface area contributed by atoms with Crippen molar-refractivity contribution in [3.05, 3.63) is 0 Å². The fourth-order valence-corrected chi connectivity index (χ4v) is 1.77. The van der Waals surface area contributed by atoms with E-state index in [1.165, 1.54) is 19.1 Å². The Bertz CT molecular complexity index is 283. The van der Waals surface area contributed by atoms with Crippen LogP contribution in [0.15, 0.2) is 0 Å². The molecular formula is C12H27NO2S. The van der Waals surface area contributed by atoms with Crippen LogP contribution in [0.3, 0.4) is 0 Å². The first-order valence-electron chi connectivity index (χ1n) is 6.17. The fourth-order valence-electron chi connectivity index (χ4n) is 1.42. The second-order valence-corrected chi connectivity index (χ2v) is 7.81. The number of rotatable bonds is 8. The van der Waals surface area contributed by atoms with Gasteiger partial charge in [0, 0.05) is 18.8 Å². The third kappa shape index (κ3) is 5.30. The third-order valence-corrected chi connectivity index (χ3v) is 5.37. The molecule has 0 aromatic carbocycles. The van der Waals surface area contributed by atoms with E-state index in [2.05, 4.69) is 19.2 Å². The van der Waals surface area contributed by atoms with Crippen LogP contribution in [-0.2, 0) is 9.84 Å². The lowest BCUT2D eigenvalue weighted by Crippen LogP contribution is -2.45. The van der Waals surface area contributed by atoms with Crippen molar-refractivity contribution >= 4 is 9.84 Å². The van der Waals surface area contributed by atoms with Crippen molar-refractivity contribution in [2.75, 3.05) is 12.8 Å². The Morgan fingerprint density at radius 3 is 2.19 bits per heavy atom. The smallest absolute Gasteiger partial charge is 0.153 e. The Kier molecular flexibility index (Phi) is 6.56. The van der Waals surface area contributed by atoms with Gasteiger partial charge in [0.25, 0.3) is 0 Å². The molecule has 16 heavy (non-hydrogen) atoms. The minimum atomic E-state index is -2.99. The average molecular weight is 249 g/mol. The van der Waals surface area contributed by atoms with E-state index < -0.39 is 14.6 Å². The standard InChI is InChI=1S/C12H27NO2S/c1-6-8-9-11(7-2)13-10-12(3,4)16(5,14)15/h11,13H,6-10H2,1-5H3. The van der Waals surface area contributed by atoms with Crippen LogP contribution in [0.4, 0.5) is 0 Å². The number of sulfone groups is 1. The van der Waals surface area contributed by atoms with Crippen molar-refractivity contribution in [2.24, 2.45) is 0 Å². The van der Waals surface area contributed by atoms with E-state index in [-0.39, 0.29) is 0 Å². The van der Waals surface area contributed by atoms with E-state index in [4.69, 9.17) is 0 Å². The predicted molar refractivity (Wildman–Crippen MR) is 70.5 cm³/mol. The summed E-state index contributed by atoms with van der Waals surface area (Å²) in [5, 5.41) is 3.37. The predicted octanol–water partition coefficient (Wildman–Crippen LogP) is 2.37. The van der Waals surface area contributed by atoms with Gasteiger partial charge in [-0.15, -0.1) is 0 Å². The zero-order chi connectivity index (χ0) is 12.8. The molecule has 4 heteroatoms. The third-order valence-electron chi connectivity index (χ3n) is 3.22. The zero-order valence-corrected chi connectivity index (χ0v) is 12.2. The summed E-state index contributed by atoms with van der Waals surface area (Å²) in [7, 11) is -2.99. The Morgan fingerprint density at radius 2 is 1.81 bits per heavy atom. The molecule has 0 saturated carbocycles. The number of hydrogen-bond donors (Lipinski definition) is 1. The van der Waals surface area contributed by atoms with Gasteiger partial charge < -0.3 is 5.32 Å². The molecule has 0 aromatic rings. The molecule has 0 aliphatic carbocycles. The van der Waals surface area contributed by atoms with Gasteiger partial charge in [-0.1, -0.05) is 26.7 Å². The van der Waals surface area contributed by atoms with Crippen LogP contribution in [0.1, 0.15) is 53.4 Å². The number of nitrogens with one attached hydrogen (secondary N) is 1. The molecule has 3 nitrogen and oxygen atoms in total. The van der Waals surface area contributed by atoms with E-state index in [0.717, 1.165) is 12.8 Å². The summed E-state index contributed by atoms with van der Waals surface area (Å²) in [6.07, 6.45) is 5.88. The lowest BCUT2D eigenvalue weighted by Gasteiger charge is -2.26. The minimum absolute atomic E-state index is 0.445. The van der Waals surface area contributed by atoms with Crippen molar-refractivity contribution in [3.63, 3.8) is 0 Å². The molecule has 0 rings (SSSR count). The van der Waals surface area contributed by atoms with Crippen molar-refractivity contribution in [2.45, 2.75) is 64.2 Å². The molecule has 0 aromatic heterocycles. The molecule has 1 N–H and O–H groups in total. The van der Waals surface area contributed by atoms with Gasteiger partial charge in [0.05, 0.1) is 4.75 Å². The first kappa shape index (κ1) is 15.9. The molecule has 1 unspecified atom stereocenters. The summed E-state index contributed by atoms with van der Waals surface area (Å²) in [6.45, 7) is 8.41. The van der Waals surface area contributed by atoms with Crippen LogP contribution in [0.25, 0.3) is 0 Å². The Labute approximate surface area is 101 Å². The Hall–Kier alpha value is -0.0900. The first-order chi connectivity index (χ1) is 7.24. The highest BCUT2D eigenvalue weighted by Gasteiger charge is 2.30. The van der Waals surface area contributed by atoms with Crippen LogP contribution in [0.2, 0.25) is 0 Å². The van der Waals surface area contributed by atoms with Gasteiger partial charge in [0.1, 0.15) is 0 Å². The van der Waals surface area contributed by atoms with Crippen LogP contribution in [0, 0.1) is 0 Å². The summed E-state index contributed by atoms with van der Waals surface area (Å²) in [4.78, 5) is 0. The van der Waals surface area contributed by atoms with Gasteiger partial charge >= 0.3 is 0 Å². The normalized spacial score (nSPS) is 15.1. The van der Waals surface area contributed by atoms with E-state index in [0.29, 0.717) is 12.6 Å². The lowest BCUT2D eigenvalue weighted by molar-refractivity contribution is 0.424. The van der Waals surface area contributed by atoms with Crippen LogP contribution >= 0.6 is 0 Å². The van der Waals surface area contributed by atoms with Crippen molar-refractivity contribution in [3.8, 4) is 0 Å². The topological polar surface area (TPSA) is 46.2 Å². The monoisotopic (exact) mass is 249 g/mol. The Morgan fingerprint density at radius 1 is 1.25 bits per heavy atom. The van der Waals surface area contributed by atoms with Gasteiger partial charge in [-0.2, -0.15) is 0 Å². The number of hydrogen-bond acceptors (Lipinski definition) is 3. The molecule has 0 fully saturated rings. The number of unbranched alkanes of at least 4 members (excludes halogenated alkanes) is 1. The second kappa shape index (κ2) is 6.60. The second-order valence-electron chi connectivity index (χ2n) is 5.16. The molecule has 0 aliphatic heterocycles. The van der Waals surface area contributed by atoms with Gasteiger partial charge in [-0.3, -0.25) is 0 Å². The maximum absolute atomic E-state index is 11.5. The molecule has 0 spiro atoms. The highest BCUT2D eigenvalue weighted by atomic mass is 32.2. The molecular weight excluding hydrogens is 222 g/mol. The highest BCUT2D eigenvalue weighted by Crippen LogP contribution is 2.14. The highest BCUT2D eigenvalue weighted by molar-refractivity contribution is 7.92. The maximum Gasteiger partial charge on any atom is 0.153 e. The summed E-state index contributed by atoms with van der Waals surface area (Å²) in [5.41, 5.74) is 0. The average Bonchev–Trinajstić information content (AvgIpc) is 2.16. The van der Waals surface area contributed by atoms with Gasteiger partial charge in [-0.05, 0) is 26.7 Å². The van der Waals surface area contributed by atoms with Gasteiger partial charge in [0.15, 0.2) is 9.84 Å². The molecule has 0 amide bonds.